The number of carboxylic acid groups (broad SMARTS) is 1. The lowest BCUT2D eigenvalue weighted by Crippen LogP contribution is -2.25. The van der Waals surface area contributed by atoms with Gasteiger partial charge in [0, 0.05) is 27.3 Å². The monoisotopic (exact) mass is 710 g/mol. The van der Waals surface area contributed by atoms with E-state index < -0.39 is 28.7 Å². The Hall–Kier alpha value is -3.57. The summed E-state index contributed by atoms with van der Waals surface area (Å²) >= 11 is 3.27. The standard InChI is InChI=1S/C39H44F2O6S2/c1-22(2)32-17-30(19-34(37(32)46)24-7-11-26(40)12-8-24)48-39(5,6)49-31-18-33(23(3)4)38(35(20-31)25-9-13-27(41)14-10-25)47-21-29(43)15-28(42)16-36(44)45/h7-14,17-20,22-23,28-29,42-43,46H,15-16,21H2,1-6H3,(H,44,45)/t28-,29?/m1/s1. The zero-order chi connectivity index (χ0) is 36.0. The van der Waals surface area contributed by atoms with Crippen LogP contribution in [-0.2, 0) is 4.79 Å². The molecule has 0 saturated heterocycles. The number of rotatable bonds is 15. The third-order valence-electron chi connectivity index (χ3n) is 7.86. The van der Waals surface area contributed by atoms with Gasteiger partial charge in [0.1, 0.15) is 29.7 Å². The third-order valence-corrected chi connectivity index (χ3v) is 10.3. The number of carbonyl (C=O) groups is 1. The van der Waals surface area contributed by atoms with Gasteiger partial charge in [-0.2, -0.15) is 0 Å². The topological polar surface area (TPSA) is 107 Å². The summed E-state index contributed by atoms with van der Waals surface area (Å²) in [4.78, 5) is 12.8. The molecule has 0 amide bonds. The van der Waals surface area contributed by atoms with E-state index in [0.29, 0.717) is 16.9 Å². The number of aromatic hydroxyl groups is 1. The molecule has 49 heavy (non-hydrogen) atoms. The van der Waals surface area contributed by atoms with Gasteiger partial charge in [-0.05, 0) is 96.5 Å². The van der Waals surface area contributed by atoms with Crippen molar-refractivity contribution in [3.63, 3.8) is 0 Å². The second-order valence-corrected chi connectivity index (χ2v) is 16.8. The Bertz CT molecular complexity index is 1740. The minimum Gasteiger partial charge on any atom is -0.507 e. The Morgan fingerprint density at radius 1 is 0.755 bits per heavy atom. The van der Waals surface area contributed by atoms with Gasteiger partial charge in [0.05, 0.1) is 22.7 Å². The van der Waals surface area contributed by atoms with Crippen LogP contribution < -0.4 is 4.74 Å². The van der Waals surface area contributed by atoms with Crippen molar-refractivity contribution in [3.05, 3.63) is 95.6 Å². The number of aliphatic carboxylic acids is 1. The number of benzene rings is 4. The predicted octanol–water partition coefficient (Wildman–Crippen LogP) is 9.84. The Morgan fingerprint density at radius 3 is 1.71 bits per heavy atom. The van der Waals surface area contributed by atoms with E-state index in [0.717, 1.165) is 32.0 Å². The average molecular weight is 711 g/mol. The first kappa shape index (κ1) is 38.2. The Kier molecular flexibility index (Phi) is 12.8. The van der Waals surface area contributed by atoms with Crippen LogP contribution in [0.25, 0.3) is 22.3 Å². The van der Waals surface area contributed by atoms with Crippen LogP contribution in [0.2, 0.25) is 0 Å². The molecule has 0 aliphatic carbocycles. The first-order valence-corrected chi connectivity index (χ1v) is 17.8. The molecular weight excluding hydrogens is 667 g/mol. The van der Waals surface area contributed by atoms with Crippen molar-refractivity contribution in [2.24, 2.45) is 0 Å². The molecule has 0 saturated carbocycles. The zero-order valence-corrected chi connectivity index (χ0v) is 30.2. The highest BCUT2D eigenvalue weighted by Crippen LogP contribution is 2.50. The summed E-state index contributed by atoms with van der Waals surface area (Å²) in [5.74, 6) is -1.13. The highest BCUT2D eigenvalue weighted by atomic mass is 32.2. The van der Waals surface area contributed by atoms with Crippen LogP contribution in [0.3, 0.4) is 0 Å². The summed E-state index contributed by atoms with van der Waals surface area (Å²) in [7, 11) is 0. The molecule has 0 fully saturated rings. The molecule has 4 N–H and O–H groups in total. The van der Waals surface area contributed by atoms with Crippen LogP contribution >= 0.6 is 23.5 Å². The fraction of sp³-hybridized carbons (Fsp3) is 0.359. The van der Waals surface area contributed by atoms with E-state index in [9.17, 15) is 28.9 Å². The lowest BCUT2D eigenvalue weighted by atomic mass is 9.95. The molecule has 0 radical (unpaired) electrons. The maximum absolute atomic E-state index is 14.0. The Labute approximate surface area is 295 Å². The lowest BCUT2D eigenvalue weighted by Gasteiger charge is -2.27. The number of phenols is 1. The normalized spacial score (nSPS) is 13.1. The van der Waals surface area contributed by atoms with Gasteiger partial charge in [0.15, 0.2) is 0 Å². The van der Waals surface area contributed by atoms with Gasteiger partial charge in [0.25, 0.3) is 0 Å². The largest absolute Gasteiger partial charge is 0.507 e. The molecule has 4 aromatic rings. The molecular formula is C39H44F2O6S2. The first-order chi connectivity index (χ1) is 23.0. The first-order valence-electron chi connectivity index (χ1n) is 16.2. The van der Waals surface area contributed by atoms with E-state index in [1.807, 2.05) is 52.0 Å². The summed E-state index contributed by atoms with van der Waals surface area (Å²) in [5.41, 5.74) is 4.44. The zero-order valence-electron chi connectivity index (χ0n) is 28.5. The molecule has 4 rings (SSSR count). The van der Waals surface area contributed by atoms with Crippen LogP contribution in [-0.4, -0.2) is 49.3 Å². The van der Waals surface area contributed by atoms with Crippen LogP contribution in [0.1, 0.15) is 77.3 Å². The number of halogens is 2. The molecule has 0 heterocycles. The van der Waals surface area contributed by atoms with Crippen molar-refractivity contribution < 1.29 is 38.7 Å². The molecule has 1 unspecified atom stereocenters. The molecule has 10 heteroatoms. The van der Waals surface area contributed by atoms with Crippen LogP contribution in [0, 0.1) is 11.6 Å². The molecule has 0 aliphatic rings. The molecule has 0 aliphatic heterocycles. The lowest BCUT2D eigenvalue weighted by molar-refractivity contribution is -0.139. The van der Waals surface area contributed by atoms with Gasteiger partial charge in [-0.15, -0.1) is 23.5 Å². The Balaban J connectivity index is 1.69. The summed E-state index contributed by atoms with van der Waals surface area (Å²) in [6.45, 7) is 12.1. The minimum atomic E-state index is -1.22. The average Bonchev–Trinajstić information content (AvgIpc) is 3.00. The number of aliphatic hydroxyl groups excluding tert-OH is 2. The number of carboxylic acids is 1. The van der Waals surface area contributed by atoms with Gasteiger partial charge in [-0.3, -0.25) is 4.79 Å². The van der Waals surface area contributed by atoms with Crippen LogP contribution in [0.15, 0.2) is 82.6 Å². The second-order valence-electron chi connectivity index (χ2n) is 13.2. The maximum atomic E-state index is 14.0. The number of phenolic OH excluding ortho intramolecular Hbond substituents is 1. The molecule has 262 valence electrons. The maximum Gasteiger partial charge on any atom is 0.305 e. The van der Waals surface area contributed by atoms with E-state index in [2.05, 4.69) is 13.8 Å². The number of ether oxygens (including phenoxy) is 1. The molecule has 0 bridgehead atoms. The van der Waals surface area contributed by atoms with Crippen LogP contribution in [0.4, 0.5) is 8.78 Å². The van der Waals surface area contributed by atoms with E-state index in [1.54, 1.807) is 47.8 Å². The van der Waals surface area contributed by atoms with Gasteiger partial charge in [-0.1, -0.05) is 52.0 Å². The van der Waals surface area contributed by atoms with Crippen molar-refractivity contribution in [3.8, 4) is 33.8 Å². The second kappa shape index (κ2) is 16.4. The van der Waals surface area contributed by atoms with Crippen molar-refractivity contribution in [2.75, 3.05) is 6.61 Å². The summed E-state index contributed by atoms with van der Waals surface area (Å²) in [6.07, 6.45) is -2.97. The number of aliphatic hydroxyl groups is 2. The van der Waals surface area contributed by atoms with Gasteiger partial charge in [0.2, 0.25) is 0 Å². The highest BCUT2D eigenvalue weighted by molar-refractivity contribution is 8.18. The van der Waals surface area contributed by atoms with Crippen molar-refractivity contribution in [1.29, 1.82) is 0 Å². The third kappa shape index (κ3) is 10.5. The quantitative estimate of drug-likeness (QED) is 0.0714. The number of hydrogen-bond donors (Lipinski definition) is 4. The van der Waals surface area contributed by atoms with E-state index in [4.69, 9.17) is 9.84 Å². The highest BCUT2D eigenvalue weighted by Gasteiger charge is 2.26. The van der Waals surface area contributed by atoms with Crippen molar-refractivity contribution in [2.45, 2.75) is 92.3 Å². The minimum absolute atomic E-state index is 0.00391. The summed E-state index contributed by atoms with van der Waals surface area (Å²) in [5, 5.41) is 40.7. The fourth-order valence-electron chi connectivity index (χ4n) is 5.53. The molecule has 2 atom stereocenters. The van der Waals surface area contributed by atoms with Gasteiger partial charge < -0.3 is 25.2 Å². The van der Waals surface area contributed by atoms with Gasteiger partial charge >= 0.3 is 5.97 Å². The number of hydrogen-bond acceptors (Lipinski definition) is 7. The molecule has 6 nitrogen and oxygen atoms in total. The molecule has 4 aromatic carbocycles. The van der Waals surface area contributed by atoms with E-state index in [-0.39, 0.29) is 42.2 Å². The van der Waals surface area contributed by atoms with E-state index in [1.165, 1.54) is 24.3 Å². The fourth-order valence-corrected chi connectivity index (χ4v) is 8.13. The Morgan fingerprint density at radius 2 is 1.22 bits per heavy atom. The van der Waals surface area contributed by atoms with Gasteiger partial charge in [-0.25, -0.2) is 8.78 Å². The summed E-state index contributed by atoms with van der Waals surface area (Å²) in [6, 6.07) is 20.1. The van der Waals surface area contributed by atoms with Crippen molar-refractivity contribution >= 4 is 29.5 Å². The smallest absolute Gasteiger partial charge is 0.305 e. The van der Waals surface area contributed by atoms with Crippen LogP contribution in [0.5, 0.6) is 11.5 Å². The van der Waals surface area contributed by atoms with Crippen molar-refractivity contribution in [1.82, 2.24) is 0 Å². The number of thioether (sulfide) groups is 2. The predicted molar refractivity (Wildman–Crippen MR) is 194 cm³/mol. The molecule has 0 spiro atoms. The van der Waals surface area contributed by atoms with E-state index >= 15 is 0 Å². The summed E-state index contributed by atoms with van der Waals surface area (Å²) < 4.78 is 33.5. The molecule has 0 aromatic heterocycles. The SMILES string of the molecule is CC(C)c1cc(SC(C)(C)Sc2cc(-c3ccc(F)cc3)c(OCC(O)C[C@@H](O)CC(=O)O)c(C(C)C)c2)cc(-c2ccc(F)cc2)c1O.